The molecule has 5 nitrogen and oxygen atoms in total. The van der Waals surface area contributed by atoms with Crippen molar-refractivity contribution in [2.24, 2.45) is 0 Å². The molecule has 0 fully saturated rings. The van der Waals surface area contributed by atoms with E-state index in [2.05, 4.69) is 0 Å². The second-order valence-corrected chi connectivity index (χ2v) is 9.17. The van der Waals surface area contributed by atoms with Crippen molar-refractivity contribution in [2.75, 3.05) is 0 Å². The quantitative estimate of drug-likeness (QED) is 0.239. The number of hydrogen-bond acceptors (Lipinski definition) is 4. The Kier molecular flexibility index (Phi) is 5.98. The largest absolute Gasteiger partial charge is 0.504 e. The van der Waals surface area contributed by atoms with Gasteiger partial charge in [-0.05, 0) is 11.6 Å². The number of hydrogen-bond donors (Lipinski definition) is 3. The summed E-state index contributed by atoms with van der Waals surface area (Å²) in [5, 5.41) is 19.9. The van der Waals surface area contributed by atoms with Crippen LogP contribution in [0.25, 0.3) is 0 Å². The van der Waals surface area contributed by atoms with Gasteiger partial charge in [0.05, 0.1) is 25.7 Å². The SMILES string of the molecule is O=S(=O)(O)C(c1ccccc1)(c1cccc(Cl)c1Cl)c1c(O)c(O)cc(Cl)c1Cl. The lowest BCUT2D eigenvalue weighted by atomic mass is 9.83. The molecular weight excluding hydrogens is 482 g/mol. The Morgan fingerprint density at radius 3 is 2.00 bits per heavy atom. The van der Waals surface area contributed by atoms with Crippen LogP contribution in [0.15, 0.2) is 54.6 Å². The van der Waals surface area contributed by atoms with Crippen LogP contribution in [0.5, 0.6) is 11.5 Å². The fraction of sp³-hybridized carbons (Fsp3) is 0.0526. The molecule has 0 amide bonds. The van der Waals surface area contributed by atoms with E-state index in [1.807, 2.05) is 0 Å². The van der Waals surface area contributed by atoms with Gasteiger partial charge in [0, 0.05) is 11.6 Å². The number of phenols is 2. The van der Waals surface area contributed by atoms with E-state index in [0.717, 1.165) is 6.07 Å². The molecule has 0 saturated heterocycles. The molecule has 3 aromatic carbocycles. The van der Waals surface area contributed by atoms with Gasteiger partial charge in [-0.2, -0.15) is 8.42 Å². The molecular formula is C19H12Cl4O5S. The molecule has 3 aromatic rings. The first-order valence-electron chi connectivity index (χ1n) is 7.91. The van der Waals surface area contributed by atoms with Crippen LogP contribution >= 0.6 is 46.4 Å². The first-order chi connectivity index (χ1) is 13.5. The summed E-state index contributed by atoms with van der Waals surface area (Å²) in [4.78, 5) is 0. The molecule has 0 aromatic heterocycles. The number of phenolic OH excluding ortho intramolecular Hbond substituents is 2. The average Bonchev–Trinajstić information content (AvgIpc) is 2.66. The van der Waals surface area contributed by atoms with Gasteiger partial charge in [-0.25, -0.2) is 0 Å². The summed E-state index contributed by atoms with van der Waals surface area (Å²) < 4.78 is 34.0. The van der Waals surface area contributed by atoms with Gasteiger partial charge >= 0.3 is 0 Å². The number of aromatic hydroxyl groups is 2. The third-order valence-corrected chi connectivity index (χ3v) is 7.46. The minimum Gasteiger partial charge on any atom is -0.504 e. The Bertz CT molecular complexity index is 1170. The van der Waals surface area contributed by atoms with Crippen LogP contribution < -0.4 is 0 Å². The summed E-state index contributed by atoms with van der Waals surface area (Å²) in [6.45, 7) is 0. The average molecular weight is 494 g/mol. The van der Waals surface area contributed by atoms with E-state index in [0.29, 0.717) is 0 Å². The van der Waals surface area contributed by atoms with E-state index >= 15 is 0 Å². The highest BCUT2D eigenvalue weighted by Crippen LogP contribution is 2.55. The van der Waals surface area contributed by atoms with E-state index in [1.165, 1.54) is 42.5 Å². The predicted octanol–water partition coefficient (Wildman–Crippen LogP) is 5.89. The van der Waals surface area contributed by atoms with Crippen LogP contribution in [-0.4, -0.2) is 23.2 Å². The molecule has 29 heavy (non-hydrogen) atoms. The van der Waals surface area contributed by atoms with Crippen LogP contribution in [-0.2, 0) is 14.9 Å². The third-order valence-electron chi connectivity index (χ3n) is 4.42. The van der Waals surface area contributed by atoms with Gasteiger partial charge in [0.15, 0.2) is 16.2 Å². The Hall–Kier alpha value is -1.67. The van der Waals surface area contributed by atoms with Crippen molar-refractivity contribution in [3.8, 4) is 11.5 Å². The molecule has 1 atom stereocenters. The summed E-state index contributed by atoms with van der Waals surface area (Å²) in [6.07, 6.45) is 0. The molecule has 1 unspecified atom stereocenters. The fourth-order valence-corrected chi connectivity index (χ4v) is 5.60. The number of benzene rings is 3. The smallest absolute Gasteiger partial charge is 0.283 e. The first kappa shape index (κ1) is 22.0. The van der Waals surface area contributed by atoms with Crippen LogP contribution in [0.4, 0.5) is 0 Å². The maximum absolute atomic E-state index is 13.0. The summed E-state index contributed by atoms with van der Waals surface area (Å²) in [5.74, 6) is -1.63. The zero-order valence-corrected chi connectivity index (χ0v) is 18.1. The molecule has 0 saturated carbocycles. The van der Waals surface area contributed by atoms with Gasteiger partial charge in [-0.15, -0.1) is 0 Å². The maximum atomic E-state index is 13.0. The zero-order chi connectivity index (χ0) is 21.6. The standard InChI is InChI=1S/C19H12Cl4O5S/c20-12-8-4-7-11(16(12)22)19(29(26,27)28,10-5-2-1-3-6-10)15-17(23)13(21)9-14(24)18(15)25/h1-9,24-25H,(H,26,27,28). The Morgan fingerprint density at radius 1 is 0.793 bits per heavy atom. The van der Waals surface area contributed by atoms with Crippen LogP contribution in [0.2, 0.25) is 20.1 Å². The Labute approximate surface area is 186 Å². The van der Waals surface area contributed by atoms with Crippen molar-refractivity contribution in [2.45, 2.75) is 4.75 Å². The van der Waals surface area contributed by atoms with E-state index in [1.54, 1.807) is 6.07 Å². The minimum atomic E-state index is -5.16. The monoisotopic (exact) mass is 492 g/mol. The van der Waals surface area contributed by atoms with E-state index < -0.39 is 37.0 Å². The van der Waals surface area contributed by atoms with Crippen molar-refractivity contribution in [1.82, 2.24) is 0 Å². The van der Waals surface area contributed by atoms with Crippen LogP contribution in [0.3, 0.4) is 0 Å². The lowest BCUT2D eigenvalue weighted by Crippen LogP contribution is -2.39. The summed E-state index contributed by atoms with van der Waals surface area (Å²) in [5.41, 5.74) is -0.785. The normalized spacial score (nSPS) is 13.8. The summed E-state index contributed by atoms with van der Waals surface area (Å²) in [6, 6.07) is 12.5. The molecule has 0 heterocycles. The van der Waals surface area contributed by atoms with Gasteiger partial charge in [-0.1, -0.05) is 88.9 Å². The van der Waals surface area contributed by atoms with Gasteiger partial charge in [0.2, 0.25) is 0 Å². The topological polar surface area (TPSA) is 94.8 Å². The lowest BCUT2D eigenvalue weighted by molar-refractivity contribution is 0.394. The second kappa shape index (κ2) is 7.87. The summed E-state index contributed by atoms with van der Waals surface area (Å²) in [7, 11) is -5.16. The summed E-state index contributed by atoms with van der Waals surface area (Å²) >= 11 is 24.8. The molecule has 0 bridgehead atoms. The van der Waals surface area contributed by atoms with Gasteiger partial charge in [0.1, 0.15) is 0 Å². The number of rotatable bonds is 4. The molecule has 0 aliphatic heterocycles. The van der Waals surface area contributed by atoms with Crippen LogP contribution in [0, 0.1) is 0 Å². The molecule has 10 heteroatoms. The molecule has 152 valence electrons. The molecule has 3 rings (SSSR count). The molecule has 3 N–H and O–H groups in total. The van der Waals surface area contributed by atoms with Gasteiger partial charge in [0.25, 0.3) is 10.1 Å². The fourth-order valence-electron chi connectivity index (χ4n) is 3.22. The predicted molar refractivity (Wildman–Crippen MR) is 114 cm³/mol. The highest BCUT2D eigenvalue weighted by Gasteiger charge is 2.53. The lowest BCUT2D eigenvalue weighted by Gasteiger charge is -2.34. The highest BCUT2D eigenvalue weighted by atomic mass is 35.5. The van der Waals surface area contributed by atoms with E-state index in [-0.39, 0.29) is 26.2 Å². The van der Waals surface area contributed by atoms with E-state index in [9.17, 15) is 23.2 Å². The van der Waals surface area contributed by atoms with Crippen LogP contribution in [0.1, 0.15) is 16.7 Å². The van der Waals surface area contributed by atoms with Gasteiger partial charge < -0.3 is 10.2 Å². The van der Waals surface area contributed by atoms with Crippen molar-refractivity contribution in [1.29, 1.82) is 0 Å². The van der Waals surface area contributed by atoms with Crippen molar-refractivity contribution < 1.29 is 23.2 Å². The molecule has 0 aliphatic rings. The Morgan fingerprint density at radius 2 is 1.41 bits per heavy atom. The maximum Gasteiger partial charge on any atom is 0.283 e. The minimum absolute atomic E-state index is 0.00464. The second-order valence-electron chi connectivity index (χ2n) is 6.04. The molecule has 0 radical (unpaired) electrons. The van der Waals surface area contributed by atoms with Crippen molar-refractivity contribution in [3.05, 3.63) is 91.4 Å². The zero-order valence-electron chi connectivity index (χ0n) is 14.3. The van der Waals surface area contributed by atoms with E-state index in [4.69, 9.17) is 46.4 Å². The van der Waals surface area contributed by atoms with Crippen molar-refractivity contribution in [3.63, 3.8) is 0 Å². The Balaban J connectivity index is 2.70. The van der Waals surface area contributed by atoms with Gasteiger partial charge in [-0.3, -0.25) is 4.55 Å². The molecule has 0 spiro atoms. The molecule has 0 aliphatic carbocycles. The van der Waals surface area contributed by atoms with Crippen molar-refractivity contribution >= 4 is 56.5 Å². The number of halogens is 4. The highest BCUT2D eigenvalue weighted by molar-refractivity contribution is 7.87. The first-order valence-corrected chi connectivity index (χ1v) is 10.9. The third kappa shape index (κ3) is 3.44.